The molecule has 1 saturated heterocycles. The van der Waals surface area contributed by atoms with Gasteiger partial charge in [0.1, 0.15) is 11.9 Å². The normalized spacial score (nSPS) is 15.4. The second kappa shape index (κ2) is 11.9. The SMILES string of the molecule is O=C(O)CCCCc1nc2cc(C(=O)N3CCOC(c4ccc(F)cc4)C3)ccc2nc1-c1ccc(Cl)cc1. The third-order valence-electron chi connectivity index (χ3n) is 6.75. The number of hydrogen-bond donors (Lipinski definition) is 1. The molecule has 1 aromatic heterocycles. The Morgan fingerprint density at radius 2 is 1.77 bits per heavy atom. The molecule has 39 heavy (non-hydrogen) atoms. The maximum Gasteiger partial charge on any atom is 0.303 e. The summed E-state index contributed by atoms with van der Waals surface area (Å²) in [6.45, 7) is 1.19. The highest BCUT2D eigenvalue weighted by Gasteiger charge is 2.26. The second-order valence-electron chi connectivity index (χ2n) is 9.49. The molecule has 0 spiro atoms. The number of halogens is 2. The van der Waals surface area contributed by atoms with Crippen molar-refractivity contribution in [3.8, 4) is 11.3 Å². The summed E-state index contributed by atoms with van der Waals surface area (Å²) in [5.74, 6) is -1.29. The fourth-order valence-electron chi connectivity index (χ4n) is 4.70. The predicted octanol–water partition coefficient (Wildman–Crippen LogP) is 6.10. The van der Waals surface area contributed by atoms with Crippen LogP contribution in [0.15, 0.2) is 66.7 Å². The quantitative estimate of drug-likeness (QED) is 0.268. The number of hydrogen-bond acceptors (Lipinski definition) is 5. The Morgan fingerprint density at radius 1 is 1.00 bits per heavy atom. The molecule has 1 atom stereocenters. The monoisotopic (exact) mass is 547 g/mol. The number of ether oxygens (including phenoxy) is 1. The van der Waals surface area contributed by atoms with E-state index in [0.717, 1.165) is 16.8 Å². The molecule has 4 aromatic rings. The van der Waals surface area contributed by atoms with Crippen molar-refractivity contribution in [3.05, 3.63) is 94.4 Å². The van der Waals surface area contributed by atoms with E-state index >= 15 is 0 Å². The highest BCUT2D eigenvalue weighted by Crippen LogP contribution is 2.28. The summed E-state index contributed by atoms with van der Waals surface area (Å²) in [5, 5.41) is 9.61. The first-order valence-corrected chi connectivity index (χ1v) is 13.2. The molecule has 7 nitrogen and oxygen atoms in total. The van der Waals surface area contributed by atoms with Crippen LogP contribution in [0.25, 0.3) is 22.3 Å². The van der Waals surface area contributed by atoms with Gasteiger partial charge < -0.3 is 14.7 Å². The average molecular weight is 548 g/mol. The largest absolute Gasteiger partial charge is 0.481 e. The summed E-state index contributed by atoms with van der Waals surface area (Å²) in [5.41, 5.74) is 4.87. The number of carbonyl (C=O) groups is 2. The fourth-order valence-corrected chi connectivity index (χ4v) is 4.83. The van der Waals surface area contributed by atoms with Gasteiger partial charge in [-0.25, -0.2) is 14.4 Å². The van der Waals surface area contributed by atoms with Crippen molar-refractivity contribution in [1.29, 1.82) is 0 Å². The molecule has 1 aliphatic heterocycles. The number of unbranched alkanes of at least 4 members (excludes halogenated alkanes) is 1. The van der Waals surface area contributed by atoms with Crippen molar-refractivity contribution in [3.63, 3.8) is 0 Å². The molecule has 200 valence electrons. The van der Waals surface area contributed by atoms with E-state index in [1.54, 1.807) is 47.4 Å². The summed E-state index contributed by atoms with van der Waals surface area (Å²) >= 11 is 6.08. The van der Waals surface area contributed by atoms with Crippen molar-refractivity contribution >= 4 is 34.5 Å². The number of nitrogens with zero attached hydrogens (tertiary/aromatic N) is 3. The number of aliphatic carboxylic acids is 1. The van der Waals surface area contributed by atoms with Crippen LogP contribution in [0, 0.1) is 5.82 Å². The summed E-state index contributed by atoms with van der Waals surface area (Å²) in [7, 11) is 0. The van der Waals surface area contributed by atoms with Gasteiger partial charge in [0.25, 0.3) is 5.91 Å². The van der Waals surface area contributed by atoms with E-state index < -0.39 is 5.97 Å². The van der Waals surface area contributed by atoms with Gasteiger partial charge >= 0.3 is 5.97 Å². The molecule has 1 N–H and O–H groups in total. The lowest BCUT2D eigenvalue weighted by Crippen LogP contribution is -2.42. The second-order valence-corrected chi connectivity index (χ2v) is 9.93. The zero-order valence-corrected chi connectivity index (χ0v) is 21.9. The van der Waals surface area contributed by atoms with Crippen molar-refractivity contribution in [2.75, 3.05) is 19.7 Å². The lowest BCUT2D eigenvalue weighted by molar-refractivity contribution is -0.137. The Kier molecular flexibility index (Phi) is 8.14. The molecule has 0 radical (unpaired) electrons. The van der Waals surface area contributed by atoms with Crippen molar-refractivity contribution < 1.29 is 23.8 Å². The highest BCUT2D eigenvalue weighted by atomic mass is 35.5. The number of carboxylic acids is 1. The maximum absolute atomic E-state index is 13.4. The van der Waals surface area contributed by atoms with Crippen molar-refractivity contribution in [2.45, 2.75) is 31.8 Å². The summed E-state index contributed by atoms with van der Waals surface area (Å²) in [6, 6.07) is 18.8. The van der Waals surface area contributed by atoms with Crippen molar-refractivity contribution in [2.24, 2.45) is 0 Å². The smallest absolute Gasteiger partial charge is 0.303 e. The van der Waals surface area contributed by atoms with Gasteiger partial charge in [-0.15, -0.1) is 0 Å². The van der Waals surface area contributed by atoms with Crippen LogP contribution in [0.1, 0.15) is 47.0 Å². The first-order chi connectivity index (χ1) is 18.9. The van der Waals surface area contributed by atoms with Crippen LogP contribution < -0.4 is 0 Å². The summed E-state index contributed by atoms with van der Waals surface area (Å²) in [6.07, 6.45) is 1.48. The van der Waals surface area contributed by atoms with Gasteiger partial charge in [-0.05, 0) is 67.3 Å². The van der Waals surface area contributed by atoms with Gasteiger partial charge in [-0.3, -0.25) is 9.59 Å². The minimum Gasteiger partial charge on any atom is -0.481 e. The number of benzene rings is 3. The molecule has 5 rings (SSSR count). The number of aryl methyl sites for hydroxylation is 1. The zero-order chi connectivity index (χ0) is 27.4. The van der Waals surface area contributed by atoms with Gasteiger partial charge in [0, 0.05) is 29.1 Å². The number of fused-ring (bicyclic) bond motifs is 1. The van der Waals surface area contributed by atoms with Crippen LogP contribution in [0.2, 0.25) is 5.02 Å². The van der Waals surface area contributed by atoms with Crippen LogP contribution in [0.5, 0.6) is 0 Å². The molecule has 1 aliphatic rings. The minimum atomic E-state index is -0.828. The third kappa shape index (κ3) is 6.41. The number of carboxylic acid groups (broad SMARTS) is 1. The molecule has 3 aromatic carbocycles. The van der Waals surface area contributed by atoms with Gasteiger partial charge in [0.15, 0.2) is 0 Å². The Bertz CT molecular complexity index is 1500. The van der Waals surface area contributed by atoms with E-state index in [4.69, 9.17) is 31.4 Å². The molecule has 9 heteroatoms. The van der Waals surface area contributed by atoms with Crippen LogP contribution >= 0.6 is 11.6 Å². The lowest BCUT2D eigenvalue weighted by atomic mass is 10.0. The van der Waals surface area contributed by atoms with Gasteiger partial charge in [-0.2, -0.15) is 0 Å². The Hall–Kier alpha value is -3.88. The fraction of sp³-hybridized carbons (Fsp3) is 0.267. The van der Waals surface area contributed by atoms with Gasteiger partial charge in [0.2, 0.25) is 0 Å². The van der Waals surface area contributed by atoms with Gasteiger partial charge in [-0.1, -0.05) is 35.9 Å². The first kappa shape index (κ1) is 26.7. The number of aromatic nitrogens is 2. The maximum atomic E-state index is 13.4. The van der Waals surface area contributed by atoms with Crippen LogP contribution in [0.3, 0.4) is 0 Å². The summed E-state index contributed by atoms with van der Waals surface area (Å²) in [4.78, 5) is 35.9. The Balaban J connectivity index is 1.41. The first-order valence-electron chi connectivity index (χ1n) is 12.8. The number of rotatable bonds is 8. The van der Waals surface area contributed by atoms with E-state index in [1.165, 1.54) is 12.1 Å². The third-order valence-corrected chi connectivity index (χ3v) is 7.00. The van der Waals surface area contributed by atoms with E-state index in [0.29, 0.717) is 66.3 Å². The van der Waals surface area contributed by atoms with Crippen LogP contribution in [-0.2, 0) is 16.0 Å². The molecular formula is C30H27ClFN3O4. The van der Waals surface area contributed by atoms with Crippen LogP contribution in [0.4, 0.5) is 4.39 Å². The van der Waals surface area contributed by atoms with Crippen LogP contribution in [-0.4, -0.2) is 51.5 Å². The molecule has 1 fully saturated rings. The number of morpholine rings is 1. The van der Waals surface area contributed by atoms with E-state index in [9.17, 15) is 14.0 Å². The van der Waals surface area contributed by atoms with E-state index in [-0.39, 0.29) is 24.2 Å². The topological polar surface area (TPSA) is 92.6 Å². The summed E-state index contributed by atoms with van der Waals surface area (Å²) < 4.78 is 19.2. The van der Waals surface area contributed by atoms with Crippen molar-refractivity contribution in [1.82, 2.24) is 14.9 Å². The Morgan fingerprint density at radius 3 is 2.51 bits per heavy atom. The molecule has 1 amide bonds. The van der Waals surface area contributed by atoms with E-state index in [2.05, 4.69) is 0 Å². The Labute approximate surface area is 230 Å². The molecule has 0 bridgehead atoms. The molecule has 0 aliphatic carbocycles. The zero-order valence-electron chi connectivity index (χ0n) is 21.1. The average Bonchev–Trinajstić information content (AvgIpc) is 2.95. The van der Waals surface area contributed by atoms with E-state index in [1.807, 2.05) is 12.1 Å². The highest BCUT2D eigenvalue weighted by molar-refractivity contribution is 6.30. The lowest BCUT2D eigenvalue weighted by Gasteiger charge is -2.33. The number of amides is 1. The minimum absolute atomic E-state index is 0.0917. The standard InChI is InChI=1S/C30H27ClFN3O4/c31-22-10-5-20(6-11-22)29-25(3-1-2-4-28(36)37)33-26-17-21(9-14-24(26)34-29)30(38)35-15-16-39-27(18-35)19-7-12-23(32)13-8-19/h5-14,17,27H,1-4,15-16,18H2,(H,36,37). The number of carbonyl (C=O) groups excluding carboxylic acids is 1. The molecule has 0 saturated carbocycles. The molecule has 2 heterocycles. The molecular weight excluding hydrogens is 521 g/mol. The predicted molar refractivity (Wildman–Crippen MR) is 146 cm³/mol. The van der Waals surface area contributed by atoms with Gasteiger partial charge in [0.05, 0.1) is 35.6 Å². The molecule has 1 unspecified atom stereocenters.